The van der Waals surface area contributed by atoms with Gasteiger partial charge in [0.25, 0.3) is 0 Å². The van der Waals surface area contributed by atoms with Crippen molar-refractivity contribution in [2.75, 3.05) is 24.7 Å². The molecule has 3 saturated heterocycles. The van der Waals surface area contributed by atoms with E-state index in [1.54, 1.807) is 0 Å². The maximum absolute atomic E-state index is 6.71. The molecule has 0 radical (unpaired) electrons. The number of thioether (sulfide) groups is 2. The maximum atomic E-state index is 6.71. The highest BCUT2D eigenvalue weighted by Gasteiger charge is 2.48. The molecule has 3 aliphatic heterocycles. The Hall–Kier alpha value is 0.580. The van der Waals surface area contributed by atoms with E-state index in [4.69, 9.17) is 14.2 Å². The monoisotopic (exact) mass is 374 g/mol. The second-order valence-electron chi connectivity index (χ2n) is 7.31. The molecule has 3 fully saturated rings. The third kappa shape index (κ3) is 4.46. The highest BCUT2D eigenvalue weighted by molar-refractivity contribution is 8.18. The zero-order valence-electron chi connectivity index (χ0n) is 15.4. The molecule has 3 rings (SSSR count). The Morgan fingerprint density at radius 1 is 1.04 bits per heavy atom. The van der Waals surface area contributed by atoms with Crippen LogP contribution >= 0.6 is 23.5 Å². The molecule has 140 valence electrons. The summed E-state index contributed by atoms with van der Waals surface area (Å²) >= 11 is 4.36. The molecule has 0 unspecified atom stereocenters. The molecule has 3 aliphatic rings. The summed E-state index contributed by atoms with van der Waals surface area (Å²) in [6, 6.07) is 0. The average Bonchev–Trinajstić information content (AvgIpc) is 3.08. The Kier molecular flexibility index (Phi) is 7.24. The molecular formula is C19H34O3S2. The largest absolute Gasteiger partial charge is 0.372 e. The highest BCUT2D eigenvalue weighted by atomic mass is 32.2. The molecule has 0 aliphatic carbocycles. The van der Waals surface area contributed by atoms with Crippen molar-refractivity contribution in [3.8, 4) is 0 Å². The standard InChI is InChI=1S/C19H34O3S2/c1-3-5-6-8-17-19(23-13-7-14-24-19)10-9-16(22-17)15-18(4-2)20-11-12-21-18/h16-17H,3-15H2,1-2H3/t16-,17-/m1/s1. The fourth-order valence-corrected chi connectivity index (χ4v) is 7.70. The topological polar surface area (TPSA) is 27.7 Å². The number of rotatable bonds is 7. The van der Waals surface area contributed by atoms with Crippen LogP contribution in [-0.2, 0) is 14.2 Å². The van der Waals surface area contributed by atoms with Crippen molar-refractivity contribution in [2.24, 2.45) is 0 Å². The van der Waals surface area contributed by atoms with E-state index in [1.165, 1.54) is 50.0 Å². The molecule has 0 aromatic carbocycles. The van der Waals surface area contributed by atoms with Gasteiger partial charge in [-0.3, -0.25) is 0 Å². The van der Waals surface area contributed by atoms with Gasteiger partial charge in [0.2, 0.25) is 0 Å². The van der Waals surface area contributed by atoms with Crippen molar-refractivity contribution >= 4 is 23.5 Å². The third-order valence-electron chi connectivity index (χ3n) is 5.60. The van der Waals surface area contributed by atoms with Gasteiger partial charge in [-0.1, -0.05) is 33.1 Å². The summed E-state index contributed by atoms with van der Waals surface area (Å²) in [5.74, 6) is 2.23. The maximum Gasteiger partial charge on any atom is 0.170 e. The highest BCUT2D eigenvalue weighted by Crippen LogP contribution is 2.53. The lowest BCUT2D eigenvalue weighted by Crippen LogP contribution is -2.49. The van der Waals surface area contributed by atoms with Gasteiger partial charge in [-0.2, -0.15) is 0 Å². The van der Waals surface area contributed by atoms with E-state index in [0.29, 0.717) is 16.3 Å². The molecule has 3 heterocycles. The van der Waals surface area contributed by atoms with Crippen molar-refractivity contribution in [3.05, 3.63) is 0 Å². The molecule has 0 amide bonds. The summed E-state index contributed by atoms with van der Waals surface area (Å²) in [6.07, 6.45) is 11.4. The SMILES string of the molecule is CCCCC[C@H]1O[C@@H](CC2(CC)OCCO2)CCC12SCCCS2. The van der Waals surface area contributed by atoms with Gasteiger partial charge in [0.05, 0.1) is 29.5 Å². The van der Waals surface area contributed by atoms with E-state index in [0.717, 1.165) is 32.5 Å². The molecule has 0 aromatic heterocycles. The minimum absolute atomic E-state index is 0.295. The fraction of sp³-hybridized carbons (Fsp3) is 1.00. The number of hydrogen-bond donors (Lipinski definition) is 0. The zero-order chi connectivity index (χ0) is 16.9. The Labute approximate surface area is 156 Å². The summed E-state index contributed by atoms with van der Waals surface area (Å²) < 4.78 is 18.9. The number of unbranched alkanes of at least 4 members (excludes halogenated alkanes) is 2. The third-order valence-corrected chi connectivity index (χ3v) is 9.21. The molecule has 1 spiro atoms. The van der Waals surface area contributed by atoms with Crippen LogP contribution in [0.15, 0.2) is 0 Å². The first-order valence-corrected chi connectivity index (χ1v) is 11.9. The van der Waals surface area contributed by atoms with Gasteiger partial charge >= 0.3 is 0 Å². The minimum atomic E-state index is -0.379. The van der Waals surface area contributed by atoms with E-state index in [-0.39, 0.29) is 5.79 Å². The van der Waals surface area contributed by atoms with E-state index in [2.05, 4.69) is 37.4 Å². The lowest BCUT2D eigenvalue weighted by atomic mass is 9.94. The van der Waals surface area contributed by atoms with Crippen LogP contribution in [0.5, 0.6) is 0 Å². The van der Waals surface area contributed by atoms with Gasteiger partial charge in [0.15, 0.2) is 5.79 Å². The lowest BCUT2D eigenvalue weighted by molar-refractivity contribution is -0.195. The van der Waals surface area contributed by atoms with Gasteiger partial charge < -0.3 is 14.2 Å². The van der Waals surface area contributed by atoms with Gasteiger partial charge in [0.1, 0.15) is 0 Å². The molecule has 5 heteroatoms. The molecule has 0 aromatic rings. The van der Waals surface area contributed by atoms with Crippen LogP contribution in [0.25, 0.3) is 0 Å². The first-order valence-electron chi connectivity index (χ1n) is 9.93. The average molecular weight is 375 g/mol. The first kappa shape index (κ1) is 19.3. The summed E-state index contributed by atoms with van der Waals surface area (Å²) in [5.41, 5.74) is 0. The van der Waals surface area contributed by atoms with Crippen molar-refractivity contribution in [2.45, 2.75) is 93.7 Å². The van der Waals surface area contributed by atoms with Crippen molar-refractivity contribution in [1.82, 2.24) is 0 Å². The Balaban J connectivity index is 1.63. The minimum Gasteiger partial charge on any atom is -0.372 e. The van der Waals surface area contributed by atoms with E-state index in [1.807, 2.05) is 0 Å². The first-order chi connectivity index (χ1) is 11.7. The van der Waals surface area contributed by atoms with Gasteiger partial charge in [-0.15, -0.1) is 23.5 Å². The molecule has 0 bridgehead atoms. The van der Waals surface area contributed by atoms with Crippen LogP contribution < -0.4 is 0 Å². The Morgan fingerprint density at radius 3 is 2.46 bits per heavy atom. The fourth-order valence-electron chi connectivity index (χ4n) is 4.18. The van der Waals surface area contributed by atoms with Gasteiger partial charge in [-0.25, -0.2) is 0 Å². The molecule has 3 nitrogen and oxygen atoms in total. The van der Waals surface area contributed by atoms with E-state index in [9.17, 15) is 0 Å². The van der Waals surface area contributed by atoms with Crippen LogP contribution in [0, 0.1) is 0 Å². The summed E-state index contributed by atoms with van der Waals surface area (Å²) in [7, 11) is 0. The van der Waals surface area contributed by atoms with Crippen LogP contribution in [0.4, 0.5) is 0 Å². The van der Waals surface area contributed by atoms with Crippen molar-refractivity contribution in [3.63, 3.8) is 0 Å². The number of hydrogen-bond acceptors (Lipinski definition) is 5. The molecule has 0 N–H and O–H groups in total. The van der Waals surface area contributed by atoms with Crippen LogP contribution in [0.3, 0.4) is 0 Å². The normalized spacial score (nSPS) is 32.2. The molecule has 2 atom stereocenters. The second-order valence-corrected chi connectivity index (χ2v) is 10.4. The van der Waals surface area contributed by atoms with Gasteiger partial charge in [-0.05, 0) is 43.6 Å². The van der Waals surface area contributed by atoms with E-state index >= 15 is 0 Å². The summed E-state index contributed by atoms with van der Waals surface area (Å²) in [5, 5.41) is 0. The summed E-state index contributed by atoms with van der Waals surface area (Å²) in [4.78, 5) is 0. The number of ether oxygens (including phenoxy) is 3. The van der Waals surface area contributed by atoms with E-state index < -0.39 is 0 Å². The van der Waals surface area contributed by atoms with Crippen molar-refractivity contribution in [1.29, 1.82) is 0 Å². The quantitative estimate of drug-likeness (QED) is 0.569. The molecule has 0 saturated carbocycles. The molecule has 24 heavy (non-hydrogen) atoms. The van der Waals surface area contributed by atoms with Gasteiger partial charge in [0, 0.05) is 6.42 Å². The Bertz CT molecular complexity index is 379. The predicted octanol–water partition coefficient (Wildman–Crippen LogP) is 5.22. The smallest absolute Gasteiger partial charge is 0.170 e. The van der Waals surface area contributed by atoms with Crippen LogP contribution in [-0.4, -0.2) is 46.8 Å². The zero-order valence-corrected chi connectivity index (χ0v) is 17.0. The molecular weight excluding hydrogens is 340 g/mol. The predicted molar refractivity (Wildman–Crippen MR) is 104 cm³/mol. The lowest BCUT2D eigenvalue weighted by Gasteiger charge is -2.48. The Morgan fingerprint density at radius 2 is 1.79 bits per heavy atom. The summed E-state index contributed by atoms with van der Waals surface area (Å²) in [6.45, 7) is 5.91. The van der Waals surface area contributed by atoms with Crippen LogP contribution in [0.2, 0.25) is 0 Å². The van der Waals surface area contributed by atoms with Crippen molar-refractivity contribution < 1.29 is 14.2 Å². The van der Waals surface area contributed by atoms with Crippen LogP contribution in [0.1, 0.15) is 71.6 Å². The second kappa shape index (κ2) is 8.98.